The van der Waals surface area contributed by atoms with E-state index in [9.17, 15) is 18.8 Å². The number of likely N-dealkylation sites (tertiary alicyclic amines) is 2. The summed E-state index contributed by atoms with van der Waals surface area (Å²) >= 11 is 0. The average molecular weight is 500 g/mol. The van der Waals surface area contributed by atoms with Crippen molar-refractivity contribution in [2.75, 3.05) is 32.8 Å². The fourth-order valence-corrected chi connectivity index (χ4v) is 7.00. The Morgan fingerprint density at radius 1 is 1.17 bits per heavy atom. The summed E-state index contributed by atoms with van der Waals surface area (Å²) in [5, 5.41) is 0. The molecule has 5 rings (SSSR count). The van der Waals surface area contributed by atoms with Crippen LogP contribution in [0.2, 0.25) is 0 Å². The lowest BCUT2D eigenvalue weighted by Gasteiger charge is -2.34. The van der Waals surface area contributed by atoms with Gasteiger partial charge >= 0.3 is 0 Å². The third-order valence-corrected chi connectivity index (χ3v) is 8.82. The van der Waals surface area contributed by atoms with E-state index in [1.54, 1.807) is 6.07 Å². The number of halogens is 1. The molecule has 196 valence electrons. The molecule has 0 aromatic heterocycles. The molecule has 4 aliphatic rings. The molecule has 8 heteroatoms. The predicted octanol–water partition coefficient (Wildman–Crippen LogP) is 3.17. The number of ether oxygens (including phenoxy) is 1. The van der Waals surface area contributed by atoms with E-state index in [0.29, 0.717) is 17.0 Å². The van der Waals surface area contributed by atoms with E-state index in [0.717, 1.165) is 70.1 Å². The van der Waals surface area contributed by atoms with E-state index in [1.807, 2.05) is 12.1 Å². The number of nitrogens with zero attached hydrogens (tertiary/aromatic N) is 2. The van der Waals surface area contributed by atoms with Crippen molar-refractivity contribution in [1.82, 2.24) is 9.80 Å². The number of hydrogen-bond acceptors (Lipinski definition) is 5. The standard InChI is InChI=1S/C28H38FN3O4/c1-2-11-31-12-9-17(10-13-31)19-7-8-20(27(30)34)21(14-19)24(18-5-3-4-6-18)28(35)32-15-22(29)26-25(32)23(33)16-36-26/h7-8,14,17-18,22,24-26H,2-6,9-13,15-16H2,1H3,(H2,30,34)/t22-,24-,25+,26+/m0/s1. The first-order chi connectivity index (χ1) is 17.4. The zero-order valence-corrected chi connectivity index (χ0v) is 21.2. The molecule has 2 amide bonds. The van der Waals surface area contributed by atoms with Gasteiger partial charge in [-0.05, 0) is 80.8 Å². The summed E-state index contributed by atoms with van der Waals surface area (Å²) in [5.41, 5.74) is 7.95. The lowest BCUT2D eigenvalue weighted by Crippen LogP contribution is -2.45. The Hall–Kier alpha value is -2.32. The molecule has 3 saturated heterocycles. The van der Waals surface area contributed by atoms with Gasteiger partial charge in [-0.15, -0.1) is 0 Å². The summed E-state index contributed by atoms with van der Waals surface area (Å²) in [6, 6.07) is 4.90. The molecule has 1 aromatic carbocycles. The average Bonchev–Trinajstić information content (AvgIpc) is 3.60. The fraction of sp³-hybridized carbons (Fsp3) is 0.679. The van der Waals surface area contributed by atoms with Gasteiger partial charge in [0.2, 0.25) is 11.8 Å². The number of primary amides is 1. The Kier molecular flexibility index (Phi) is 7.45. The number of fused-ring (bicyclic) bond motifs is 1. The van der Waals surface area contributed by atoms with Crippen molar-refractivity contribution in [3.63, 3.8) is 0 Å². The number of piperidine rings is 1. The smallest absolute Gasteiger partial charge is 0.249 e. The van der Waals surface area contributed by atoms with Gasteiger partial charge in [0.1, 0.15) is 24.9 Å². The molecule has 1 saturated carbocycles. The molecule has 0 spiro atoms. The Bertz CT molecular complexity index is 1000. The molecular formula is C28H38FN3O4. The highest BCUT2D eigenvalue weighted by Crippen LogP contribution is 2.43. The van der Waals surface area contributed by atoms with Crippen molar-refractivity contribution in [3.8, 4) is 0 Å². The molecule has 0 radical (unpaired) electrons. The Balaban J connectivity index is 1.49. The number of alkyl halides is 1. The van der Waals surface area contributed by atoms with Crippen LogP contribution in [0.15, 0.2) is 18.2 Å². The minimum Gasteiger partial charge on any atom is -0.366 e. The van der Waals surface area contributed by atoms with Crippen molar-refractivity contribution in [1.29, 1.82) is 0 Å². The van der Waals surface area contributed by atoms with Crippen molar-refractivity contribution in [2.24, 2.45) is 11.7 Å². The molecule has 4 atom stereocenters. The zero-order chi connectivity index (χ0) is 25.4. The number of benzene rings is 1. The molecule has 0 bridgehead atoms. The van der Waals surface area contributed by atoms with Crippen molar-refractivity contribution >= 4 is 17.6 Å². The molecule has 1 aromatic rings. The van der Waals surface area contributed by atoms with Gasteiger partial charge in [-0.25, -0.2) is 4.39 Å². The molecule has 1 aliphatic carbocycles. The molecule has 7 nitrogen and oxygen atoms in total. The van der Waals surface area contributed by atoms with E-state index in [4.69, 9.17) is 10.5 Å². The van der Waals surface area contributed by atoms with Crippen LogP contribution >= 0.6 is 0 Å². The fourth-order valence-electron chi connectivity index (χ4n) is 7.00. The summed E-state index contributed by atoms with van der Waals surface area (Å²) in [6.45, 7) is 5.06. The monoisotopic (exact) mass is 499 g/mol. The first-order valence-corrected chi connectivity index (χ1v) is 13.6. The largest absolute Gasteiger partial charge is 0.366 e. The zero-order valence-electron chi connectivity index (χ0n) is 21.2. The summed E-state index contributed by atoms with van der Waals surface area (Å²) in [5.74, 6) is -1.31. The van der Waals surface area contributed by atoms with Crippen LogP contribution in [0.1, 0.15) is 85.2 Å². The van der Waals surface area contributed by atoms with Gasteiger partial charge in [-0.3, -0.25) is 14.4 Å². The number of amides is 2. The highest BCUT2D eigenvalue weighted by molar-refractivity contribution is 5.99. The molecule has 2 N–H and O–H groups in total. The van der Waals surface area contributed by atoms with Crippen LogP contribution in [0.25, 0.3) is 0 Å². The van der Waals surface area contributed by atoms with Gasteiger partial charge in [-0.1, -0.05) is 31.9 Å². The van der Waals surface area contributed by atoms with Crippen LogP contribution < -0.4 is 5.73 Å². The van der Waals surface area contributed by atoms with E-state index in [2.05, 4.69) is 11.8 Å². The minimum atomic E-state index is -1.38. The molecule has 3 heterocycles. The lowest BCUT2D eigenvalue weighted by atomic mass is 9.78. The van der Waals surface area contributed by atoms with Gasteiger partial charge in [0.05, 0.1) is 12.5 Å². The van der Waals surface area contributed by atoms with Crippen molar-refractivity contribution < 1.29 is 23.5 Å². The van der Waals surface area contributed by atoms with E-state index < -0.39 is 30.1 Å². The van der Waals surface area contributed by atoms with Crippen molar-refractivity contribution in [2.45, 2.75) is 82.0 Å². The topological polar surface area (TPSA) is 92.9 Å². The summed E-state index contributed by atoms with van der Waals surface area (Å²) in [7, 11) is 0. The molecular weight excluding hydrogens is 461 g/mol. The number of rotatable bonds is 7. The molecule has 3 aliphatic heterocycles. The van der Waals surface area contributed by atoms with Gasteiger partial charge < -0.3 is 20.3 Å². The third kappa shape index (κ3) is 4.70. The molecule has 0 unspecified atom stereocenters. The summed E-state index contributed by atoms with van der Waals surface area (Å²) < 4.78 is 20.1. The highest BCUT2D eigenvalue weighted by Gasteiger charge is 2.54. The maximum Gasteiger partial charge on any atom is 0.249 e. The predicted molar refractivity (Wildman–Crippen MR) is 134 cm³/mol. The summed E-state index contributed by atoms with van der Waals surface area (Å²) in [6.07, 6.45) is 4.67. The van der Waals surface area contributed by atoms with Crippen LogP contribution in [0.3, 0.4) is 0 Å². The minimum absolute atomic E-state index is 0.0341. The Morgan fingerprint density at radius 2 is 1.89 bits per heavy atom. The van der Waals surface area contributed by atoms with Gasteiger partial charge in [0.15, 0.2) is 5.78 Å². The third-order valence-electron chi connectivity index (χ3n) is 8.82. The van der Waals surface area contributed by atoms with E-state index in [1.165, 1.54) is 4.90 Å². The number of carbonyl (C=O) groups excluding carboxylic acids is 3. The van der Waals surface area contributed by atoms with E-state index in [-0.39, 0.29) is 30.8 Å². The number of nitrogens with two attached hydrogens (primary N) is 1. The van der Waals surface area contributed by atoms with Crippen LogP contribution in [-0.4, -0.2) is 78.5 Å². The number of Topliss-reactive ketones (excluding diaryl/α,β-unsaturated/α-hetero) is 1. The Morgan fingerprint density at radius 3 is 2.56 bits per heavy atom. The lowest BCUT2D eigenvalue weighted by molar-refractivity contribution is -0.138. The second kappa shape index (κ2) is 10.6. The van der Waals surface area contributed by atoms with Crippen LogP contribution in [0.5, 0.6) is 0 Å². The maximum absolute atomic E-state index is 14.8. The number of hydrogen-bond donors (Lipinski definition) is 1. The Labute approximate surface area is 212 Å². The van der Waals surface area contributed by atoms with E-state index >= 15 is 0 Å². The normalized spacial score (nSPS) is 28.6. The molecule has 4 fully saturated rings. The number of ketones is 1. The second-order valence-corrected chi connectivity index (χ2v) is 11.0. The van der Waals surface area contributed by atoms with Crippen LogP contribution in [0, 0.1) is 5.92 Å². The number of carbonyl (C=O) groups is 3. The van der Waals surface area contributed by atoms with Gasteiger partial charge in [0, 0.05) is 5.56 Å². The first-order valence-electron chi connectivity index (χ1n) is 13.6. The first kappa shape index (κ1) is 25.3. The second-order valence-electron chi connectivity index (χ2n) is 11.0. The van der Waals surface area contributed by atoms with Crippen molar-refractivity contribution in [3.05, 3.63) is 34.9 Å². The van der Waals surface area contributed by atoms with Gasteiger partial charge in [0.25, 0.3) is 0 Å². The van der Waals surface area contributed by atoms with Crippen LogP contribution in [0.4, 0.5) is 4.39 Å². The quantitative estimate of drug-likeness (QED) is 0.622. The van der Waals surface area contributed by atoms with Crippen LogP contribution in [-0.2, 0) is 14.3 Å². The maximum atomic E-state index is 14.8. The molecule has 36 heavy (non-hydrogen) atoms. The van der Waals surface area contributed by atoms with Gasteiger partial charge in [-0.2, -0.15) is 0 Å². The SMILES string of the molecule is CCCN1CCC(c2ccc(C(N)=O)c([C@@H](C(=O)N3C[C@H](F)[C@H]4OCC(=O)[C@H]43)C3CCCC3)c2)CC1. The summed E-state index contributed by atoms with van der Waals surface area (Å²) in [4.78, 5) is 43.1. The highest BCUT2D eigenvalue weighted by atomic mass is 19.1.